The van der Waals surface area contributed by atoms with Crippen molar-refractivity contribution in [3.63, 3.8) is 0 Å². The summed E-state index contributed by atoms with van der Waals surface area (Å²) >= 11 is 0. The van der Waals surface area contributed by atoms with Gasteiger partial charge in [0.05, 0.1) is 11.7 Å². The summed E-state index contributed by atoms with van der Waals surface area (Å²) in [5, 5.41) is 0. The van der Waals surface area contributed by atoms with Crippen LogP contribution in [0.5, 0.6) is 0 Å². The van der Waals surface area contributed by atoms with Crippen molar-refractivity contribution in [2.75, 3.05) is 0 Å². The number of benzene rings is 3. The molecule has 1 heteroatoms. The summed E-state index contributed by atoms with van der Waals surface area (Å²) < 4.78 is 6.98. The Morgan fingerprint density at radius 1 is 0.815 bits per heavy atom. The van der Waals surface area contributed by atoms with Gasteiger partial charge in [0.1, 0.15) is 0 Å². The standard InChI is InChI=1S/C26H26O/c1-3-9-20(10-4-1)17-23-18-24-22-13-7-15-25(24)26(27-23,16-8-14-22)19-21-11-5-2-6-12-21/h1-7,9-13,15,23H,8,14,16-19H2/t23?,26-/m1/s1. The third-order valence-corrected chi connectivity index (χ3v) is 6.25. The molecule has 4 bridgehead atoms. The van der Waals surface area contributed by atoms with E-state index in [1.54, 1.807) is 11.1 Å². The van der Waals surface area contributed by atoms with Crippen LogP contribution < -0.4 is 0 Å². The fourth-order valence-corrected chi connectivity index (χ4v) is 5.09. The van der Waals surface area contributed by atoms with Crippen LogP contribution >= 0.6 is 0 Å². The average Bonchev–Trinajstić information content (AvgIpc) is 2.76. The van der Waals surface area contributed by atoms with Crippen LogP contribution in [0.3, 0.4) is 0 Å². The summed E-state index contributed by atoms with van der Waals surface area (Å²) in [6.45, 7) is 0. The molecule has 27 heavy (non-hydrogen) atoms. The lowest BCUT2D eigenvalue weighted by molar-refractivity contribution is -0.115. The summed E-state index contributed by atoms with van der Waals surface area (Å²) in [6.07, 6.45) is 6.74. The molecule has 3 aromatic carbocycles. The molecule has 1 unspecified atom stereocenters. The molecular weight excluding hydrogens is 328 g/mol. The lowest BCUT2D eigenvalue weighted by Gasteiger charge is -2.43. The average molecular weight is 354 g/mol. The first-order valence-electron chi connectivity index (χ1n) is 10.2. The van der Waals surface area contributed by atoms with Gasteiger partial charge in [-0.15, -0.1) is 0 Å². The van der Waals surface area contributed by atoms with E-state index in [1.165, 1.54) is 29.5 Å². The molecule has 0 aromatic heterocycles. The maximum absolute atomic E-state index is 6.98. The normalized spacial score (nSPS) is 23.6. The molecule has 0 saturated heterocycles. The number of rotatable bonds is 4. The lowest BCUT2D eigenvalue weighted by Crippen LogP contribution is -2.42. The molecule has 0 spiro atoms. The zero-order chi connectivity index (χ0) is 18.1. The van der Waals surface area contributed by atoms with Crippen molar-refractivity contribution in [2.24, 2.45) is 0 Å². The van der Waals surface area contributed by atoms with Gasteiger partial charge in [-0.25, -0.2) is 0 Å². The van der Waals surface area contributed by atoms with E-state index in [0.29, 0.717) is 0 Å². The molecule has 1 nitrogen and oxygen atoms in total. The Hall–Kier alpha value is -2.38. The highest BCUT2D eigenvalue weighted by Crippen LogP contribution is 2.46. The van der Waals surface area contributed by atoms with Crippen LogP contribution in [-0.2, 0) is 36.0 Å². The summed E-state index contributed by atoms with van der Waals surface area (Å²) in [5.41, 5.74) is 7.13. The van der Waals surface area contributed by atoms with Crippen LogP contribution in [-0.4, -0.2) is 6.10 Å². The summed E-state index contributed by atoms with van der Waals surface area (Å²) in [7, 11) is 0. The zero-order valence-electron chi connectivity index (χ0n) is 15.7. The number of aryl methyl sites for hydroxylation is 1. The van der Waals surface area contributed by atoms with E-state index in [4.69, 9.17) is 4.74 Å². The van der Waals surface area contributed by atoms with E-state index in [-0.39, 0.29) is 11.7 Å². The Kier molecular flexibility index (Phi) is 4.33. The molecule has 2 aliphatic rings. The summed E-state index contributed by atoms with van der Waals surface area (Å²) in [6, 6.07) is 28.6. The Morgan fingerprint density at radius 3 is 2.33 bits per heavy atom. The van der Waals surface area contributed by atoms with Crippen LogP contribution in [0.2, 0.25) is 0 Å². The highest BCUT2D eigenvalue weighted by molar-refractivity contribution is 5.44. The molecule has 136 valence electrons. The topological polar surface area (TPSA) is 9.23 Å². The van der Waals surface area contributed by atoms with Crippen LogP contribution in [0.4, 0.5) is 0 Å². The van der Waals surface area contributed by atoms with Crippen molar-refractivity contribution in [1.29, 1.82) is 0 Å². The van der Waals surface area contributed by atoms with E-state index in [9.17, 15) is 0 Å². The molecule has 0 amide bonds. The van der Waals surface area contributed by atoms with Gasteiger partial charge in [0.25, 0.3) is 0 Å². The maximum Gasteiger partial charge on any atom is 0.0978 e. The van der Waals surface area contributed by atoms with E-state index in [2.05, 4.69) is 78.9 Å². The van der Waals surface area contributed by atoms with Gasteiger partial charge < -0.3 is 4.74 Å². The second-order valence-corrected chi connectivity index (χ2v) is 8.09. The van der Waals surface area contributed by atoms with Gasteiger partial charge in [0.2, 0.25) is 0 Å². The second kappa shape index (κ2) is 6.98. The molecule has 1 aliphatic carbocycles. The largest absolute Gasteiger partial charge is 0.366 e. The Balaban J connectivity index is 1.55. The maximum atomic E-state index is 6.98. The first-order chi connectivity index (χ1) is 13.3. The molecule has 1 aliphatic heterocycles. The van der Waals surface area contributed by atoms with Crippen LogP contribution in [0.1, 0.15) is 40.7 Å². The Bertz CT molecular complexity index is 915. The SMILES string of the molecule is c1ccc(CC2Cc3c4cccc3[C@](Cc3ccccc3)(CCC4)O2)cc1. The molecule has 0 saturated carbocycles. The van der Waals surface area contributed by atoms with Crippen molar-refractivity contribution in [3.8, 4) is 0 Å². The van der Waals surface area contributed by atoms with Crippen molar-refractivity contribution >= 4 is 0 Å². The van der Waals surface area contributed by atoms with Gasteiger partial charge in [0, 0.05) is 6.42 Å². The minimum atomic E-state index is -0.180. The minimum absolute atomic E-state index is 0.180. The minimum Gasteiger partial charge on any atom is -0.366 e. The molecule has 0 fully saturated rings. The van der Waals surface area contributed by atoms with Gasteiger partial charge in [-0.2, -0.15) is 0 Å². The van der Waals surface area contributed by atoms with Crippen LogP contribution in [0.25, 0.3) is 0 Å². The van der Waals surface area contributed by atoms with E-state index in [1.807, 2.05) is 0 Å². The summed E-state index contributed by atoms with van der Waals surface area (Å²) in [4.78, 5) is 0. The predicted octanol–water partition coefficient (Wildman–Crippen LogP) is 5.64. The first kappa shape index (κ1) is 16.8. The van der Waals surface area contributed by atoms with Gasteiger partial charge >= 0.3 is 0 Å². The van der Waals surface area contributed by atoms with Crippen LogP contribution in [0, 0.1) is 0 Å². The van der Waals surface area contributed by atoms with E-state index in [0.717, 1.165) is 25.7 Å². The highest BCUT2D eigenvalue weighted by atomic mass is 16.5. The smallest absolute Gasteiger partial charge is 0.0978 e. The number of hydrogen-bond donors (Lipinski definition) is 0. The molecule has 1 heterocycles. The monoisotopic (exact) mass is 354 g/mol. The van der Waals surface area contributed by atoms with Crippen molar-refractivity contribution < 1.29 is 4.74 Å². The molecule has 0 radical (unpaired) electrons. The fraction of sp³-hybridized carbons (Fsp3) is 0.308. The third-order valence-electron chi connectivity index (χ3n) is 6.25. The number of ether oxygens (including phenoxy) is 1. The third kappa shape index (κ3) is 3.21. The van der Waals surface area contributed by atoms with Crippen molar-refractivity contribution in [3.05, 3.63) is 107 Å². The van der Waals surface area contributed by atoms with Gasteiger partial charge in [-0.3, -0.25) is 0 Å². The van der Waals surface area contributed by atoms with E-state index < -0.39 is 0 Å². The molecule has 5 rings (SSSR count). The second-order valence-electron chi connectivity index (χ2n) is 8.09. The van der Waals surface area contributed by atoms with Gasteiger partial charge in [-0.1, -0.05) is 78.9 Å². The zero-order valence-corrected chi connectivity index (χ0v) is 15.7. The van der Waals surface area contributed by atoms with Gasteiger partial charge in [-0.05, 0) is 59.9 Å². The van der Waals surface area contributed by atoms with Crippen LogP contribution in [0.15, 0.2) is 78.9 Å². The lowest BCUT2D eigenvalue weighted by atomic mass is 9.78. The van der Waals surface area contributed by atoms with Gasteiger partial charge in [0.15, 0.2) is 0 Å². The molecule has 2 atom stereocenters. The Morgan fingerprint density at radius 2 is 1.56 bits per heavy atom. The fourth-order valence-electron chi connectivity index (χ4n) is 5.09. The summed E-state index contributed by atoms with van der Waals surface area (Å²) in [5.74, 6) is 0. The van der Waals surface area contributed by atoms with E-state index >= 15 is 0 Å². The number of hydrogen-bond acceptors (Lipinski definition) is 1. The quantitative estimate of drug-likeness (QED) is 0.589. The molecule has 3 aromatic rings. The predicted molar refractivity (Wildman–Crippen MR) is 110 cm³/mol. The molecule has 0 N–H and O–H groups in total. The highest BCUT2D eigenvalue weighted by Gasteiger charge is 2.43. The Labute approximate surface area is 162 Å². The van der Waals surface area contributed by atoms with Crippen molar-refractivity contribution in [1.82, 2.24) is 0 Å². The van der Waals surface area contributed by atoms with Crippen molar-refractivity contribution in [2.45, 2.75) is 50.2 Å². The molecular formula is C26H26O. The first-order valence-corrected chi connectivity index (χ1v) is 10.2.